The van der Waals surface area contributed by atoms with Crippen molar-refractivity contribution in [2.24, 2.45) is 0 Å². The van der Waals surface area contributed by atoms with Crippen molar-refractivity contribution in [3.8, 4) is 0 Å². The number of aromatic nitrogens is 3. The van der Waals surface area contributed by atoms with E-state index in [2.05, 4.69) is 41.1 Å². The average Bonchev–Trinajstić information content (AvgIpc) is 3.57. The largest absolute Gasteiger partial charge is 0.446 e. The minimum Gasteiger partial charge on any atom is -0.446 e. The number of hydrogen-bond donors (Lipinski definition) is 5. The Bertz CT molecular complexity index is 1490. The van der Waals surface area contributed by atoms with E-state index in [0.717, 1.165) is 11.8 Å². The van der Waals surface area contributed by atoms with Crippen LogP contribution in [0.3, 0.4) is 0 Å². The number of benzene rings is 1. The zero-order valence-electron chi connectivity index (χ0n) is 26.3. The molecule has 4 amide bonds. The van der Waals surface area contributed by atoms with Crippen LogP contribution in [-0.2, 0) is 20.8 Å². The molecule has 1 fully saturated rings. The number of carbonyl (C=O) groups excluding carboxylic acids is 4. The van der Waals surface area contributed by atoms with Crippen LogP contribution in [0.5, 0.6) is 0 Å². The van der Waals surface area contributed by atoms with Crippen LogP contribution < -0.4 is 26.2 Å². The Morgan fingerprint density at radius 1 is 1.02 bits per heavy atom. The van der Waals surface area contributed by atoms with Crippen LogP contribution in [0.25, 0.3) is 0 Å². The molecule has 47 heavy (non-hydrogen) atoms. The highest BCUT2D eigenvalue weighted by Crippen LogP contribution is 2.20. The first-order valence-electron chi connectivity index (χ1n) is 15.9. The summed E-state index contributed by atoms with van der Waals surface area (Å²) >= 11 is 0. The third-order valence-electron chi connectivity index (χ3n) is 8.15. The van der Waals surface area contributed by atoms with Gasteiger partial charge in [0, 0.05) is 51.5 Å². The maximum atomic E-state index is 13.8. The average molecular weight is 648 g/mol. The number of anilines is 1. The van der Waals surface area contributed by atoms with Gasteiger partial charge < -0.3 is 35.7 Å². The van der Waals surface area contributed by atoms with Gasteiger partial charge in [0.15, 0.2) is 5.69 Å². The monoisotopic (exact) mass is 647 g/mol. The molecule has 15 nitrogen and oxygen atoms in total. The van der Waals surface area contributed by atoms with E-state index in [9.17, 15) is 24.3 Å². The number of piperazine rings is 1. The number of oxazole rings is 1. The van der Waals surface area contributed by atoms with Gasteiger partial charge in [0.05, 0.1) is 12.6 Å². The smallest absolute Gasteiger partial charge is 0.273 e. The van der Waals surface area contributed by atoms with Crippen molar-refractivity contribution in [2.45, 2.75) is 56.8 Å². The first-order chi connectivity index (χ1) is 22.8. The predicted molar refractivity (Wildman–Crippen MR) is 170 cm³/mol. The number of carbonyl (C=O) groups is 4. The predicted octanol–water partition coefficient (Wildman–Crippen LogP) is -0.0491. The number of aliphatic hydroxyl groups excluding tert-OH is 1. The van der Waals surface area contributed by atoms with Crippen molar-refractivity contribution in [1.82, 2.24) is 41.1 Å². The fraction of sp³-hybridized carbons (Fsp3) is 0.469. The number of hydrogen-bond acceptors (Lipinski definition) is 11. The number of amides is 4. The zero-order chi connectivity index (χ0) is 33.2. The van der Waals surface area contributed by atoms with Crippen LogP contribution in [0.15, 0.2) is 59.5 Å². The highest BCUT2D eigenvalue weighted by molar-refractivity contribution is 5.96. The summed E-state index contributed by atoms with van der Waals surface area (Å²) in [7, 11) is 0. The lowest BCUT2D eigenvalue weighted by molar-refractivity contribution is -0.130. The molecule has 5 rings (SSSR count). The lowest BCUT2D eigenvalue weighted by Crippen LogP contribution is -2.53. The summed E-state index contributed by atoms with van der Waals surface area (Å²) in [5.74, 6) is -1.22. The van der Waals surface area contributed by atoms with Gasteiger partial charge >= 0.3 is 0 Å². The van der Waals surface area contributed by atoms with Gasteiger partial charge in [0.25, 0.3) is 5.91 Å². The molecule has 250 valence electrons. The molecule has 4 heterocycles. The van der Waals surface area contributed by atoms with Crippen molar-refractivity contribution in [2.75, 3.05) is 44.2 Å². The molecule has 0 saturated carbocycles. The van der Waals surface area contributed by atoms with E-state index in [0.29, 0.717) is 57.8 Å². The number of nitrogens with one attached hydrogen (secondary N) is 4. The van der Waals surface area contributed by atoms with Gasteiger partial charge in [0.1, 0.15) is 24.4 Å². The topological polar surface area (TPSA) is 195 Å². The van der Waals surface area contributed by atoms with E-state index < -0.39 is 42.0 Å². The second-order valence-electron chi connectivity index (χ2n) is 11.7. The number of aliphatic hydroxyl groups is 1. The van der Waals surface area contributed by atoms with Crippen LogP contribution in [-0.4, -0.2) is 106 Å². The van der Waals surface area contributed by atoms with E-state index in [4.69, 9.17) is 4.42 Å². The van der Waals surface area contributed by atoms with Crippen LogP contribution in [0.1, 0.15) is 54.2 Å². The summed E-state index contributed by atoms with van der Waals surface area (Å²) in [4.78, 5) is 69.8. The summed E-state index contributed by atoms with van der Waals surface area (Å²) < 4.78 is 5.67. The third kappa shape index (κ3) is 9.33. The molecule has 0 spiro atoms. The van der Waals surface area contributed by atoms with E-state index >= 15 is 0 Å². The Morgan fingerprint density at radius 3 is 2.49 bits per heavy atom. The lowest BCUT2D eigenvalue weighted by atomic mass is 10.0. The molecule has 5 N–H and O–H groups in total. The van der Waals surface area contributed by atoms with Crippen molar-refractivity contribution >= 4 is 29.6 Å². The Labute approximate surface area is 272 Å². The highest BCUT2D eigenvalue weighted by Gasteiger charge is 2.31. The zero-order valence-corrected chi connectivity index (χ0v) is 26.3. The molecule has 0 radical (unpaired) electrons. The minimum atomic E-state index is -1.20. The molecule has 3 aromatic rings. The van der Waals surface area contributed by atoms with Gasteiger partial charge in [-0.25, -0.2) is 15.0 Å². The summed E-state index contributed by atoms with van der Waals surface area (Å²) in [6, 6.07) is 8.36. The Hall–Kier alpha value is -4.89. The molecule has 2 aliphatic rings. The highest BCUT2D eigenvalue weighted by atomic mass is 16.3. The first-order valence-corrected chi connectivity index (χ1v) is 15.9. The lowest BCUT2D eigenvalue weighted by Gasteiger charge is -2.34. The number of rotatable bonds is 7. The molecule has 15 heteroatoms. The van der Waals surface area contributed by atoms with Gasteiger partial charge in [-0.15, -0.1) is 0 Å². The summed E-state index contributed by atoms with van der Waals surface area (Å²) in [6.07, 6.45) is 5.02. The van der Waals surface area contributed by atoms with Gasteiger partial charge in [-0.2, -0.15) is 0 Å². The fourth-order valence-corrected chi connectivity index (χ4v) is 5.56. The van der Waals surface area contributed by atoms with E-state index in [1.807, 2.05) is 35.2 Å². The maximum Gasteiger partial charge on any atom is 0.273 e. The quantitative estimate of drug-likeness (QED) is 0.231. The molecule has 4 atom stereocenters. The molecule has 0 aliphatic carbocycles. The Kier molecular flexibility index (Phi) is 11.5. The number of nitrogens with zero attached hydrogens (tertiary/aromatic N) is 5. The Balaban J connectivity index is 1.30. The molecule has 2 aromatic heterocycles. The molecule has 2 bridgehead atoms. The Morgan fingerprint density at radius 2 is 1.77 bits per heavy atom. The van der Waals surface area contributed by atoms with Crippen LogP contribution in [0.4, 0.5) is 5.95 Å². The van der Waals surface area contributed by atoms with Crippen LogP contribution >= 0.6 is 0 Å². The molecule has 1 saturated heterocycles. The van der Waals surface area contributed by atoms with Gasteiger partial charge in [0.2, 0.25) is 29.6 Å². The third-order valence-corrected chi connectivity index (χ3v) is 8.15. The van der Waals surface area contributed by atoms with Crippen molar-refractivity contribution < 1.29 is 28.7 Å². The van der Waals surface area contributed by atoms with E-state index in [-0.39, 0.29) is 30.6 Å². The second kappa shape index (κ2) is 16.1. The molecular weight excluding hydrogens is 606 g/mol. The van der Waals surface area contributed by atoms with Crippen molar-refractivity contribution in [3.05, 3.63) is 72.2 Å². The standard InChI is InChI=1S/C32H41N9O6/c1-21(42)27-30(46)33-11-6-5-10-23(36-26(43)19-40-14-16-41(17-15-40)32-34-12-7-13-35-32)28(44)37-24(18-22-8-3-2-4-9-22)31-38-25(20-47-31)29(45)39-27/h2-4,7-9,12-13,20-21,23-24,27,42H,5-6,10-11,14-19H2,1H3,(H,33,46)(H,36,43)(H,37,44)(H,39,45)/t21-,23+,24+,27+/m1/s1. The summed E-state index contributed by atoms with van der Waals surface area (Å²) in [5, 5.41) is 21.3. The van der Waals surface area contributed by atoms with Crippen molar-refractivity contribution in [1.29, 1.82) is 0 Å². The minimum absolute atomic E-state index is 0.0860. The van der Waals surface area contributed by atoms with Gasteiger partial charge in [-0.05, 0) is 37.8 Å². The molecule has 1 aromatic carbocycles. The number of fused-ring (bicyclic) bond motifs is 2. The van der Waals surface area contributed by atoms with Gasteiger partial charge in [-0.1, -0.05) is 30.3 Å². The fourth-order valence-electron chi connectivity index (χ4n) is 5.56. The molecule has 0 unspecified atom stereocenters. The molecular formula is C32H41N9O6. The van der Waals surface area contributed by atoms with E-state index in [1.165, 1.54) is 6.92 Å². The van der Waals surface area contributed by atoms with Crippen LogP contribution in [0, 0.1) is 0 Å². The summed E-state index contributed by atoms with van der Waals surface area (Å²) in [5.41, 5.74) is 0.782. The molecule has 2 aliphatic heterocycles. The van der Waals surface area contributed by atoms with Gasteiger partial charge in [-0.3, -0.25) is 24.1 Å². The summed E-state index contributed by atoms with van der Waals surface area (Å²) in [6.45, 7) is 4.38. The SMILES string of the molecule is C[C@@H](O)[C@@H]1NC(=O)c2coc(n2)[C@H](Cc2ccccc2)NC(=O)[C@@H](NC(=O)CN2CCN(c3ncccn3)CC2)CCCCNC1=O. The first kappa shape index (κ1) is 33.5. The van der Waals surface area contributed by atoms with Crippen LogP contribution in [0.2, 0.25) is 0 Å². The normalized spacial score (nSPS) is 22.5. The van der Waals surface area contributed by atoms with E-state index in [1.54, 1.807) is 18.5 Å². The second-order valence-corrected chi connectivity index (χ2v) is 11.7. The van der Waals surface area contributed by atoms with Crippen molar-refractivity contribution in [3.63, 3.8) is 0 Å². The maximum absolute atomic E-state index is 13.8.